The van der Waals surface area contributed by atoms with E-state index < -0.39 is 15.9 Å². The topological polar surface area (TPSA) is 99.1 Å². The van der Waals surface area contributed by atoms with Gasteiger partial charge in [-0.05, 0) is 48.2 Å². The maximum Gasteiger partial charge on any atom is 0.238 e. The monoisotopic (exact) mass is 411 g/mol. The summed E-state index contributed by atoms with van der Waals surface area (Å²) in [5.41, 5.74) is 2.82. The van der Waals surface area contributed by atoms with Crippen LogP contribution in [0.1, 0.15) is 24.8 Å². The van der Waals surface area contributed by atoms with Crippen LogP contribution in [0.4, 0.5) is 0 Å². The number of nitrogens with zero attached hydrogens (tertiary/aromatic N) is 1. The number of hydrogen-bond donors (Lipinski definition) is 2. The molecule has 0 aromatic heterocycles. The Labute approximate surface area is 171 Å². The second-order valence-corrected chi connectivity index (χ2v) is 9.41. The highest BCUT2D eigenvalue weighted by molar-refractivity contribution is 7.90. The third kappa shape index (κ3) is 5.66. The minimum absolute atomic E-state index is 0.112. The predicted molar refractivity (Wildman–Crippen MR) is 112 cm³/mol. The van der Waals surface area contributed by atoms with Gasteiger partial charge in [0.2, 0.25) is 5.91 Å². The molecule has 2 N–H and O–H groups in total. The summed E-state index contributed by atoms with van der Waals surface area (Å²) >= 11 is 0. The summed E-state index contributed by atoms with van der Waals surface area (Å²) in [6.45, 7) is 0.835. The molecule has 0 spiro atoms. The second-order valence-electron chi connectivity index (χ2n) is 7.39. The molecule has 6 nitrogen and oxygen atoms in total. The molecule has 0 bridgehead atoms. The van der Waals surface area contributed by atoms with Crippen molar-refractivity contribution in [1.29, 1.82) is 5.26 Å². The highest BCUT2D eigenvalue weighted by Gasteiger charge is 2.23. The maximum absolute atomic E-state index is 12.3. The van der Waals surface area contributed by atoms with E-state index in [1.54, 1.807) is 24.3 Å². The normalized spacial score (nSPS) is 17.9. The van der Waals surface area contributed by atoms with Gasteiger partial charge in [-0.2, -0.15) is 5.26 Å². The lowest BCUT2D eigenvalue weighted by Gasteiger charge is -2.23. The van der Waals surface area contributed by atoms with Gasteiger partial charge in [0.15, 0.2) is 9.84 Å². The first-order valence-electron chi connectivity index (χ1n) is 9.69. The number of nitriles is 1. The van der Waals surface area contributed by atoms with Gasteiger partial charge >= 0.3 is 0 Å². The molecule has 1 aliphatic rings. The Kier molecular flexibility index (Phi) is 6.68. The molecule has 1 unspecified atom stereocenters. The summed E-state index contributed by atoms with van der Waals surface area (Å²) < 4.78 is 23.1. The van der Waals surface area contributed by atoms with Gasteiger partial charge in [-0.25, -0.2) is 8.42 Å². The van der Waals surface area contributed by atoms with E-state index in [4.69, 9.17) is 0 Å². The van der Waals surface area contributed by atoms with Crippen molar-refractivity contribution in [2.75, 3.05) is 12.8 Å². The molecule has 1 aliphatic heterocycles. The highest BCUT2D eigenvalue weighted by Crippen LogP contribution is 2.22. The minimum Gasteiger partial charge on any atom is -0.339 e. The van der Waals surface area contributed by atoms with E-state index in [9.17, 15) is 18.5 Å². The van der Waals surface area contributed by atoms with Gasteiger partial charge in [-0.15, -0.1) is 0 Å². The molecular weight excluding hydrogens is 386 g/mol. The van der Waals surface area contributed by atoms with E-state index in [-0.39, 0.29) is 16.8 Å². The number of carbonyl (C=O) groups is 1. The van der Waals surface area contributed by atoms with Crippen molar-refractivity contribution >= 4 is 15.7 Å². The summed E-state index contributed by atoms with van der Waals surface area (Å²) in [5, 5.41) is 15.4. The third-order valence-corrected chi connectivity index (χ3v) is 6.24. The number of hydrogen-bond acceptors (Lipinski definition) is 5. The van der Waals surface area contributed by atoms with Gasteiger partial charge in [0, 0.05) is 12.7 Å². The van der Waals surface area contributed by atoms with E-state index in [0.29, 0.717) is 6.42 Å². The number of carbonyl (C=O) groups excluding carboxylic acids is 1. The Morgan fingerprint density at radius 1 is 1.14 bits per heavy atom. The van der Waals surface area contributed by atoms with Crippen LogP contribution < -0.4 is 10.6 Å². The van der Waals surface area contributed by atoms with Crippen molar-refractivity contribution in [3.05, 3.63) is 54.1 Å². The van der Waals surface area contributed by atoms with Crippen molar-refractivity contribution in [1.82, 2.24) is 10.6 Å². The van der Waals surface area contributed by atoms with Gasteiger partial charge in [-0.1, -0.05) is 42.8 Å². The molecule has 0 saturated carbocycles. The molecule has 1 heterocycles. The van der Waals surface area contributed by atoms with Gasteiger partial charge in [-0.3, -0.25) is 4.79 Å². The standard InChI is InChI=1S/C22H25N3O3S/c1-29(27,28)20-11-9-18(10-12-20)17-7-5-16(6-8-17)14-19(15-23)25-22(26)21-4-2-3-13-24-21/h5-12,19,21,24H,2-4,13-14H2,1H3,(H,25,26)/t19-,21?/m0/s1. The number of amides is 1. The van der Waals surface area contributed by atoms with E-state index in [0.717, 1.165) is 42.5 Å². The lowest BCUT2D eigenvalue weighted by molar-refractivity contribution is -0.124. The van der Waals surface area contributed by atoms with Crippen molar-refractivity contribution in [3.8, 4) is 17.2 Å². The van der Waals surface area contributed by atoms with Gasteiger partial charge in [0.25, 0.3) is 0 Å². The molecule has 7 heteroatoms. The van der Waals surface area contributed by atoms with Crippen LogP contribution in [0.2, 0.25) is 0 Å². The van der Waals surface area contributed by atoms with Crippen LogP contribution in [0, 0.1) is 11.3 Å². The molecule has 1 saturated heterocycles. The Morgan fingerprint density at radius 2 is 1.76 bits per heavy atom. The zero-order chi connectivity index (χ0) is 20.9. The molecule has 2 aromatic rings. The fourth-order valence-electron chi connectivity index (χ4n) is 3.44. The molecular formula is C22H25N3O3S. The van der Waals surface area contributed by atoms with Gasteiger partial charge in [0.1, 0.15) is 6.04 Å². The smallest absolute Gasteiger partial charge is 0.238 e. The number of nitrogens with one attached hydrogen (secondary N) is 2. The van der Waals surface area contributed by atoms with Crippen LogP contribution in [0.5, 0.6) is 0 Å². The molecule has 1 amide bonds. The van der Waals surface area contributed by atoms with Crippen LogP contribution in [-0.4, -0.2) is 39.2 Å². The Bertz CT molecular complexity index is 987. The van der Waals surface area contributed by atoms with Crippen molar-refractivity contribution in [3.63, 3.8) is 0 Å². The molecule has 2 atom stereocenters. The fourth-order valence-corrected chi connectivity index (χ4v) is 4.07. The third-order valence-electron chi connectivity index (χ3n) is 5.11. The van der Waals surface area contributed by atoms with Crippen LogP contribution >= 0.6 is 0 Å². The minimum atomic E-state index is -3.21. The summed E-state index contributed by atoms with van der Waals surface area (Å²) in [4.78, 5) is 12.6. The van der Waals surface area contributed by atoms with Crippen LogP contribution in [0.3, 0.4) is 0 Å². The first-order valence-corrected chi connectivity index (χ1v) is 11.6. The number of rotatable bonds is 6. The summed E-state index contributed by atoms with van der Waals surface area (Å²) in [6, 6.07) is 15.9. The number of benzene rings is 2. The predicted octanol–water partition coefficient (Wildman–Crippen LogP) is 2.45. The lowest BCUT2D eigenvalue weighted by atomic mass is 10.00. The molecule has 152 valence electrons. The summed E-state index contributed by atoms with van der Waals surface area (Å²) in [7, 11) is -3.21. The van der Waals surface area contributed by atoms with E-state index in [1.807, 2.05) is 24.3 Å². The van der Waals surface area contributed by atoms with Crippen molar-refractivity contribution in [2.24, 2.45) is 0 Å². The molecule has 1 fully saturated rings. The van der Waals surface area contributed by atoms with Crippen LogP contribution in [0.15, 0.2) is 53.4 Å². The van der Waals surface area contributed by atoms with E-state index in [2.05, 4.69) is 16.7 Å². The number of piperidine rings is 1. The Balaban J connectivity index is 1.63. The first-order chi connectivity index (χ1) is 13.9. The molecule has 29 heavy (non-hydrogen) atoms. The molecule has 0 radical (unpaired) electrons. The summed E-state index contributed by atoms with van der Waals surface area (Å²) in [5.74, 6) is -0.112. The molecule has 0 aliphatic carbocycles. The molecule has 3 rings (SSSR count). The van der Waals surface area contributed by atoms with Crippen LogP contribution in [0.25, 0.3) is 11.1 Å². The Hall–Kier alpha value is -2.69. The van der Waals surface area contributed by atoms with Gasteiger partial charge in [0.05, 0.1) is 17.0 Å². The number of sulfone groups is 1. The largest absolute Gasteiger partial charge is 0.339 e. The van der Waals surface area contributed by atoms with Gasteiger partial charge < -0.3 is 10.6 Å². The maximum atomic E-state index is 12.3. The average Bonchev–Trinajstić information content (AvgIpc) is 2.74. The zero-order valence-electron chi connectivity index (χ0n) is 16.4. The summed E-state index contributed by atoms with van der Waals surface area (Å²) in [6.07, 6.45) is 4.52. The van der Waals surface area contributed by atoms with Crippen molar-refractivity contribution < 1.29 is 13.2 Å². The molecule has 2 aromatic carbocycles. The van der Waals surface area contributed by atoms with E-state index in [1.165, 1.54) is 6.26 Å². The van der Waals surface area contributed by atoms with Crippen LogP contribution in [-0.2, 0) is 21.1 Å². The quantitative estimate of drug-likeness (QED) is 0.761. The van der Waals surface area contributed by atoms with Crippen molar-refractivity contribution in [2.45, 2.75) is 42.7 Å². The lowest BCUT2D eigenvalue weighted by Crippen LogP contribution is -2.49. The fraction of sp³-hybridized carbons (Fsp3) is 0.364. The first kappa shape index (κ1) is 21.0. The average molecular weight is 412 g/mol. The SMILES string of the molecule is CS(=O)(=O)c1ccc(-c2ccc(C[C@@H](C#N)NC(=O)C3CCCCN3)cc2)cc1. The highest BCUT2D eigenvalue weighted by atomic mass is 32.2. The second kappa shape index (κ2) is 9.21. The zero-order valence-corrected chi connectivity index (χ0v) is 17.2. The van der Waals surface area contributed by atoms with E-state index >= 15 is 0 Å². The Morgan fingerprint density at radius 3 is 2.28 bits per heavy atom.